The van der Waals surface area contributed by atoms with E-state index in [4.69, 9.17) is 17.3 Å². The molecule has 0 saturated carbocycles. The summed E-state index contributed by atoms with van der Waals surface area (Å²) in [6.07, 6.45) is 5.28. The van der Waals surface area contributed by atoms with E-state index in [1.165, 1.54) is 41.5 Å². The topological polar surface area (TPSA) is 132 Å². The average Bonchev–Trinajstić information content (AvgIpc) is 3.61. The molecule has 2 aliphatic heterocycles. The zero-order valence-corrected chi connectivity index (χ0v) is 21.1. The maximum atomic E-state index is 15.4. The Kier molecular flexibility index (Phi) is 5.53. The Morgan fingerprint density at radius 2 is 2.03 bits per heavy atom. The molecule has 3 N–H and O–H groups in total. The average molecular weight is 538 g/mol. The predicted octanol–water partition coefficient (Wildman–Crippen LogP) is 4.12. The number of rotatable bonds is 4. The Bertz CT molecular complexity index is 1600. The normalized spacial score (nSPS) is 20.5. The lowest BCUT2D eigenvalue weighted by molar-refractivity contribution is -0.130. The van der Waals surface area contributed by atoms with Crippen LogP contribution in [0.15, 0.2) is 42.9 Å². The molecule has 194 valence electrons. The number of imidazole rings is 1. The third-order valence-corrected chi connectivity index (χ3v) is 7.61. The Morgan fingerprint density at radius 3 is 2.76 bits per heavy atom. The minimum atomic E-state index is -0.714. The number of carbonyl (C=O) groups excluding carboxylic acids is 1. The van der Waals surface area contributed by atoms with E-state index < -0.39 is 11.8 Å². The molecule has 2 aliphatic rings. The molecular formula is C25H22ClF2N9O. The third kappa shape index (κ3) is 3.83. The number of aromatic amines is 1. The number of nitrogen functional groups attached to an aromatic ring is 1. The second-order valence-electron chi connectivity index (χ2n) is 10.1. The first-order valence-corrected chi connectivity index (χ1v) is 12.2. The summed E-state index contributed by atoms with van der Waals surface area (Å²) < 4.78 is 31.2. The third-order valence-electron chi connectivity index (χ3n) is 7.32. The van der Waals surface area contributed by atoms with Crippen LogP contribution in [-0.4, -0.2) is 52.0 Å². The number of anilines is 1. The molecule has 13 heteroatoms. The van der Waals surface area contributed by atoms with Gasteiger partial charge in [-0.05, 0) is 58.5 Å². The molecule has 0 radical (unpaired) electrons. The summed E-state index contributed by atoms with van der Waals surface area (Å²) >= 11 is 6.14. The number of pyridine rings is 1. The number of hydrogen-bond acceptors (Lipinski definition) is 7. The number of amides is 1. The molecule has 0 bridgehead atoms. The molecule has 1 fully saturated rings. The van der Waals surface area contributed by atoms with Crippen LogP contribution in [0, 0.1) is 17.2 Å². The van der Waals surface area contributed by atoms with E-state index in [0.717, 1.165) is 0 Å². The van der Waals surface area contributed by atoms with E-state index in [9.17, 15) is 9.18 Å². The van der Waals surface area contributed by atoms with Gasteiger partial charge >= 0.3 is 0 Å². The summed E-state index contributed by atoms with van der Waals surface area (Å²) in [7, 11) is 0. The van der Waals surface area contributed by atoms with Gasteiger partial charge in [-0.3, -0.25) is 4.79 Å². The maximum Gasteiger partial charge on any atom is 0.247 e. The highest BCUT2D eigenvalue weighted by atomic mass is 35.5. The van der Waals surface area contributed by atoms with Crippen molar-refractivity contribution in [3.05, 3.63) is 71.0 Å². The van der Waals surface area contributed by atoms with E-state index >= 15 is 4.39 Å². The molecule has 38 heavy (non-hydrogen) atoms. The molecule has 6 rings (SSSR count). The SMILES string of the molecule is CC1(C)C[C@@H](c2ncc(-c3ccc(N)nc3F)[nH]2)N2C(=O)C=C(c3c(-n4cnnn4)ccc(Cl)c3F)CC21. The smallest absolute Gasteiger partial charge is 0.247 e. The number of nitrogens with zero attached hydrogens (tertiary/aromatic N) is 7. The van der Waals surface area contributed by atoms with Gasteiger partial charge in [0.15, 0.2) is 5.82 Å². The second-order valence-corrected chi connectivity index (χ2v) is 10.5. The number of carbonyl (C=O) groups is 1. The predicted molar refractivity (Wildman–Crippen MR) is 135 cm³/mol. The van der Waals surface area contributed by atoms with Gasteiger partial charge in [-0.2, -0.15) is 9.07 Å². The number of fused-ring (bicyclic) bond motifs is 1. The van der Waals surface area contributed by atoms with E-state index in [-0.39, 0.29) is 45.4 Å². The van der Waals surface area contributed by atoms with Crippen molar-refractivity contribution in [1.82, 2.24) is 40.1 Å². The van der Waals surface area contributed by atoms with Crippen molar-refractivity contribution in [1.29, 1.82) is 0 Å². The van der Waals surface area contributed by atoms with Crippen LogP contribution in [0.2, 0.25) is 5.02 Å². The molecule has 3 aromatic heterocycles. The fraction of sp³-hybridized carbons (Fsp3) is 0.280. The molecule has 4 aromatic rings. The van der Waals surface area contributed by atoms with E-state index in [1.807, 2.05) is 0 Å². The van der Waals surface area contributed by atoms with Gasteiger partial charge in [0, 0.05) is 17.7 Å². The van der Waals surface area contributed by atoms with Crippen molar-refractivity contribution in [3.8, 4) is 16.9 Å². The first-order chi connectivity index (χ1) is 18.1. The van der Waals surface area contributed by atoms with Crippen LogP contribution in [-0.2, 0) is 4.79 Å². The van der Waals surface area contributed by atoms with Gasteiger partial charge in [-0.15, -0.1) is 5.10 Å². The van der Waals surface area contributed by atoms with Gasteiger partial charge in [0.05, 0.1) is 34.2 Å². The van der Waals surface area contributed by atoms with Crippen LogP contribution in [0.25, 0.3) is 22.5 Å². The van der Waals surface area contributed by atoms with Gasteiger partial charge in [0.2, 0.25) is 11.9 Å². The first kappa shape index (κ1) is 24.2. The Hall–Kier alpha value is -4.19. The highest BCUT2D eigenvalue weighted by Crippen LogP contribution is 2.52. The summed E-state index contributed by atoms with van der Waals surface area (Å²) in [4.78, 5) is 26.7. The lowest BCUT2D eigenvalue weighted by Crippen LogP contribution is -2.43. The molecule has 1 unspecified atom stereocenters. The number of nitrogens with two attached hydrogens (primary N) is 1. The van der Waals surface area contributed by atoms with Crippen LogP contribution in [0.3, 0.4) is 0 Å². The number of hydrogen-bond donors (Lipinski definition) is 2. The van der Waals surface area contributed by atoms with E-state index in [2.05, 4.69) is 44.3 Å². The summed E-state index contributed by atoms with van der Waals surface area (Å²) in [6.45, 7) is 4.12. The molecular weight excluding hydrogens is 516 g/mol. The standard InChI is InChI=1S/C25H22ClF2N9O/c1-25(2)9-17(24-30-10-15(32-24)13-3-6-19(29)33-23(13)28)37-18(25)7-12(8-20(37)38)21-16(36-11-31-34-35-36)5-4-14(26)22(21)27/h3-6,8,10-11,17-18H,7,9H2,1-2H3,(H2,29,33)(H,30,32)/t17-,18?/m0/s1. The summed E-state index contributed by atoms with van der Waals surface area (Å²) in [5, 5.41) is 11.1. The van der Waals surface area contributed by atoms with Crippen molar-refractivity contribution in [3.63, 3.8) is 0 Å². The van der Waals surface area contributed by atoms with Crippen LogP contribution in [0.5, 0.6) is 0 Å². The molecule has 0 aliphatic carbocycles. The Morgan fingerprint density at radius 1 is 1.21 bits per heavy atom. The fourth-order valence-corrected chi connectivity index (χ4v) is 5.66. The molecule has 1 aromatic carbocycles. The molecule has 1 saturated heterocycles. The minimum absolute atomic E-state index is 0.0660. The largest absolute Gasteiger partial charge is 0.384 e. The number of benzene rings is 1. The van der Waals surface area contributed by atoms with Crippen LogP contribution in [0.4, 0.5) is 14.6 Å². The summed E-state index contributed by atoms with van der Waals surface area (Å²) in [5.74, 6) is -1.04. The number of H-pyrrole nitrogens is 1. The highest BCUT2D eigenvalue weighted by Gasteiger charge is 2.51. The van der Waals surface area contributed by atoms with Gasteiger partial charge < -0.3 is 15.6 Å². The van der Waals surface area contributed by atoms with Crippen molar-refractivity contribution >= 4 is 28.9 Å². The van der Waals surface area contributed by atoms with Crippen molar-refractivity contribution < 1.29 is 13.6 Å². The highest BCUT2D eigenvalue weighted by molar-refractivity contribution is 6.31. The van der Waals surface area contributed by atoms with Crippen molar-refractivity contribution in [2.75, 3.05) is 5.73 Å². The van der Waals surface area contributed by atoms with Gasteiger partial charge in [0.25, 0.3) is 0 Å². The van der Waals surface area contributed by atoms with Gasteiger partial charge in [0.1, 0.15) is 18.0 Å². The van der Waals surface area contributed by atoms with Crippen molar-refractivity contribution in [2.24, 2.45) is 5.41 Å². The quantitative estimate of drug-likeness (QED) is 0.374. The number of tetrazole rings is 1. The van der Waals surface area contributed by atoms with Crippen molar-refractivity contribution in [2.45, 2.75) is 38.8 Å². The maximum absolute atomic E-state index is 15.4. The van der Waals surface area contributed by atoms with E-state index in [0.29, 0.717) is 35.6 Å². The minimum Gasteiger partial charge on any atom is -0.384 e. The molecule has 10 nitrogen and oxygen atoms in total. The molecule has 0 spiro atoms. The number of aromatic nitrogens is 7. The first-order valence-electron chi connectivity index (χ1n) is 11.9. The van der Waals surface area contributed by atoms with Gasteiger partial charge in [-0.1, -0.05) is 25.4 Å². The number of nitrogens with one attached hydrogen (secondary N) is 1. The van der Waals surface area contributed by atoms with Crippen LogP contribution in [0.1, 0.15) is 44.1 Å². The Balaban J connectivity index is 1.39. The Labute approximate surface area is 220 Å². The second kappa shape index (κ2) is 8.69. The summed E-state index contributed by atoms with van der Waals surface area (Å²) in [5.41, 5.74) is 6.95. The monoisotopic (exact) mass is 537 g/mol. The van der Waals surface area contributed by atoms with E-state index in [1.54, 1.807) is 11.0 Å². The lowest BCUT2D eigenvalue weighted by atomic mass is 9.78. The van der Waals surface area contributed by atoms with Crippen LogP contribution >= 0.6 is 11.6 Å². The molecule has 1 amide bonds. The van der Waals surface area contributed by atoms with Crippen LogP contribution < -0.4 is 5.73 Å². The molecule has 5 heterocycles. The zero-order valence-electron chi connectivity index (χ0n) is 20.4. The lowest BCUT2D eigenvalue weighted by Gasteiger charge is -2.37. The fourth-order valence-electron chi connectivity index (χ4n) is 5.50. The summed E-state index contributed by atoms with van der Waals surface area (Å²) in [6, 6.07) is 5.43. The molecule has 2 atom stereocenters. The van der Waals surface area contributed by atoms with Gasteiger partial charge in [-0.25, -0.2) is 14.4 Å². The number of halogens is 3. The zero-order chi connectivity index (χ0) is 26.8.